The standard InChI is InChI=1S/C15H21N3OS/c1-12-15(20-11-17-12)10-16-13-4-6-14(7-5-13)19-9-8-18(2)3/h4-7,11,16H,8-10H2,1-3H3. The zero-order valence-electron chi connectivity index (χ0n) is 12.2. The Labute approximate surface area is 124 Å². The van der Waals surface area contributed by atoms with Crippen LogP contribution in [0.3, 0.4) is 0 Å². The zero-order chi connectivity index (χ0) is 14.4. The Balaban J connectivity index is 1.81. The Morgan fingerprint density at radius 3 is 2.60 bits per heavy atom. The number of likely N-dealkylation sites (N-methyl/N-ethyl adjacent to an activating group) is 1. The molecule has 0 radical (unpaired) electrons. The molecule has 20 heavy (non-hydrogen) atoms. The van der Waals surface area contributed by atoms with E-state index in [-0.39, 0.29) is 0 Å². The highest BCUT2D eigenvalue weighted by Gasteiger charge is 2.01. The van der Waals surface area contributed by atoms with Crippen LogP contribution >= 0.6 is 11.3 Å². The van der Waals surface area contributed by atoms with E-state index in [1.165, 1.54) is 4.88 Å². The van der Waals surface area contributed by atoms with Gasteiger partial charge in [0.15, 0.2) is 0 Å². The molecule has 0 fully saturated rings. The molecule has 2 aromatic rings. The minimum absolute atomic E-state index is 0.708. The summed E-state index contributed by atoms with van der Waals surface area (Å²) in [5.74, 6) is 0.909. The summed E-state index contributed by atoms with van der Waals surface area (Å²) in [7, 11) is 4.08. The van der Waals surface area contributed by atoms with Gasteiger partial charge in [-0.05, 0) is 45.3 Å². The molecule has 4 nitrogen and oxygen atoms in total. The summed E-state index contributed by atoms with van der Waals surface area (Å²) in [5, 5.41) is 3.40. The van der Waals surface area contributed by atoms with Crippen LogP contribution in [0.25, 0.3) is 0 Å². The van der Waals surface area contributed by atoms with E-state index in [0.29, 0.717) is 6.61 Å². The van der Waals surface area contributed by atoms with Crippen LogP contribution in [0.2, 0.25) is 0 Å². The molecule has 1 aromatic heterocycles. The molecule has 0 spiro atoms. The first-order valence-corrected chi connectivity index (χ1v) is 7.53. The van der Waals surface area contributed by atoms with Crippen molar-refractivity contribution in [1.29, 1.82) is 0 Å². The van der Waals surface area contributed by atoms with Gasteiger partial charge in [0.2, 0.25) is 0 Å². The fourth-order valence-electron chi connectivity index (χ4n) is 1.69. The molecule has 5 heteroatoms. The quantitative estimate of drug-likeness (QED) is 0.851. The number of anilines is 1. The van der Waals surface area contributed by atoms with E-state index < -0.39 is 0 Å². The van der Waals surface area contributed by atoms with Crippen molar-refractivity contribution in [1.82, 2.24) is 9.88 Å². The molecule has 0 atom stereocenters. The highest BCUT2D eigenvalue weighted by molar-refractivity contribution is 7.09. The Morgan fingerprint density at radius 1 is 1.25 bits per heavy atom. The number of nitrogens with one attached hydrogen (secondary N) is 1. The molecule has 0 saturated heterocycles. The minimum Gasteiger partial charge on any atom is -0.492 e. The zero-order valence-corrected chi connectivity index (χ0v) is 13.0. The summed E-state index contributed by atoms with van der Waals surface area (Å²) >= 11 is 1.68. The average Bonchev–Trinajstić information content (AvgIpc) is 2.83. The minimum atomic E-state index is 0.708. The lowest BCUT2D eigenvalue weighted by molar-refractivity contribution is 0.261. The maximum atomic E-state index is 5.66. The second-order valence-electron chi connectivity index (χ2n) is 4.89. The van der Waals surface area contributed by atoms with Gasteiger partial charge in [0.25, 0.3) is 0 Å². The third-order valence-corrected chi connectivity index (χ3v) is 3.89. The van der Waals surface area contributed by atoms with E-state index in [2.05, 4.69) is 15.2 Å². The number of nitrogens with zero attached hydrogens (tertiary/aromatic N) is 2. The van der Waals surface area contributed by atoms with Gasteiger partial charge in [-0.2, -0.15) is 0 Å². The first-order valence-electron chi connectivity index (χ1n) is 6.65. The molecule has 0 amide bonds. The Kier molecular flexibility index (Phi) is 5.38. The van der Waals surface area contributed by atoms with E-state index in [1.807, 2.05) is 50.8 Å². The number of hydrogen-bond donors (Lipinski definition) is 1. The molecule has 1 aromatic carbocycles. The lowest BCUT2D eigenvalue weighted by Crippen LogP contribution is -2.19. The molecule has 0 unspecified atom stereocenters. The molecule has 0 aliphatic heterocycles. The third kappa shape index (κ3) is 4.51. The van der Waals surface area contributed by atoms with Crippen molar-refractivity contribution in [3.63, 3.8) is 0 Å². The van der Waals surface area contributed by atoms with Gasteiger partial charge in [0.05, 0.1) is 17.7 Å². The predicted octanol–water partition coefficient (Wildman–Crippen LogP) is 3.00. The van der Waals surface area contributed by atoms with Crippen molar-refractivity contribution >= 4 is 17.0 Å². The molecule has 2 rings (SSSR count). The third-order valence-electron chi connectivity index (χ3n) is 2.96. The number of benzene rings is 1. The van der Waals surface area contributed by atoms with E-state index in [1.54, 1.807) is 11.3 Å². The van der Waals surface area contributed by atoms with Gasteiger partial charge >= 0.3 is 0 Å². The Hall–Kier alpha value is -1.59. The van der Waals surface area contributed by atoms with Crippen molar-refractivity contribution in [2.75, 3.05) is 32.6 Å². The monoisotopic (exact) mass is 291 g/mol. The van der Waals surface area contributed by atoms with Gasteiger partial charge < -0.3 is 15.0 Å². The highest BCUT2D eigenvalue weighted by atomic mass is 32.1. The SMILES string of the molecule is Cc1ncsc1CNc1ccc(OCCN(C)C)cc1. The molecule has 0 saturated carbocycles. The molecule has 1 heterocycles. The van der Waals surface area contributed by atoms with E-state index >= 15 is 0 Å². The van der Waals surface area contributed by atoms with Crippen LogP contribution in [-0.2, 0) is 6.54 Å². The lowest BCUT2D eigenvalue weighted by Gasteiger charge is -2.11. The van der Waals surface area contributed by atoms with Crippen LogP contribution < -0.4 is 10.1 Å². The molecule has 1 N–H and O–H groups in total. The first-order chi connectivity index (χ1) is 9.65. The lowest BCUT2D eigenvalue weighted by atomic mass is 10.3. The Morgan fingerprint density at radius 2 is 2.00 bits per heavy atom. The van der Waals surface area contributed by atoms with Gasteiger partial charge in [0.1, 0.15) is 12.4 Å². The van der Waals surface area contributed by atoms with Crippen molar-refractivity contribution in [2.45, 2.75) is 13.5 Å². The maximum absolute atomic E-state index is 5.66. The predicted molar refractivity (Wildman–Crippen MR) is 84.7 cm³/mol. The maximum Gasteiger partial charge on any atom is 0.119 e. The molecule has 0 aliphatic rings. The fourth-order valence-corrected chi connectivity index (χ4v) is 2.41. The van der Waals surface area contributed by atoms with Crippen LogP contribution in [0.4, 0.5) is 5.69 Å². The van der Waals surface area contributed by atoms with Gasteiger partial charge in [-0.15, -0.1) is 11.3 Å². The summed E-state index contributed by atoms with van der Waals surface area (Å²) in [6, 6.07) is 8.08. The van der Waals surface area contributed by atoms with Crippen LogP contribution in [0.1, 0.15) is 10.6 Å². The number of ether oxygens (including phenoxy) is 1. The number of thiazole rings is 1. The van der Waals surface area contributed by atoms with E-state index in [4.69, 9.17) is 4.74 Å². The number of rotatable bonds is 7. The van der Waals surface area contributed by atoms with Crippen molar-refractivity contribution in [3.8, 4) is 5.75 Å². The molecular formula is C15H21N3OS. The van der Waals surface area contributed by atoms with Crippen molar-refractivity contribution in [2.24, 2.45) is 0 Å². The summed E-state index contributed by atoms with van der Waals surface area (Å²) in [4.78, 5) is 7.62. The first kappa shape index (κ1) is 14.8. The second-order valence-corrected chi connectivity index (χ2v) is 5.83. The summed E-state index contributed by atoms with van der Waals surface area (Å²) < 4.78 is 5.66. The summed E-state index contributed by atoms with van der Waals surface area (Å²) in [6.45, 7) is 4.48. The van der Waals surface area contributed by atoms with Crippen LogP contribution in [0, 0.1) is 6.92 Å². The van der Waals surface area contributed by atoms with Crippen LogP contribution in [-0.4, -0.2) is 37.1 Å². The van der Waals surface area contributed by atoms with Crippen LogP contribution in [0.15, 0.2) is 29.8 Å². The largest absolute Gasteiger partial charge is 0.492 e. The topological polar surface area (TPSA) is 37.4 Å². The van der Waals surface area contributed by atoms with E-state index in [0.717, 1.165) is 30.2 Å². The molecule has 108 valence electrons. The average molecular weight is 291 g/mol. The number of aryl methyl sites for hydroxylation is 1. The molecular weight excluding hydrogens is 270 g/mol. The van der Waals surface area contributed by atoms with E-state index in [9.17, 15) is 0 Å². The van der Waals surface area contributed by atoms with Gasteiger partial charge in [0, 0.05) is 17.1 Å². The second kappa shape index (κ2) is 7.26. The highest BCUT2D eigenvalue weighted by Crippen LogP contribution is 2.18. The summed E-state index contributed by atoms with van der Waals surface area (Å²) in [6.07, 6.45) is 0. The normalized spacial score (nSPS) is 10.8. The molecule has 0 bridgehead atoms. The molecule has 0 aliphatic carbocycles. The number of aromatic nitrogens is 1. The summed E-state index contributed by atoms with van der Waals surface area (Å²) in [5.41, 5.74) is 4.08. The fraction of sp³-hybridized carbons (Fsp3) is 0.400. The van der Waals surface area contributed by atoms with Gasteiger partial charge in [-0.3, -0.25) is 0 Å². The van der Waals surface area contributed by atoms with Gasteiger partial charge in [-0.1, -0.05) is 0 Å². The van der Waals surface area contributed by atoms with Crippen molar-refractivity contribution < 1.29 is 4.74 Å². The van der Waals surface area contributed by atoms with Crippen molar-refractivity contribution in [3.05, 3.63) is 40.3 Å². The van der Waals surface area contributed by atoms with Crippen LogP contribution in [0.5, 0.6) is 5.75 Å². The van der Waals surface area contributed by atoms with Gasteiger partial charge in [-0.25, -0.2) is 4.98 Å². The Bertz CT molecular complexity index is 522. The number of hydrogen-bond acceptors (Lipinski definition) is 5. The smallest absolute Gasteiger partial charge is 0.119 e.